The Kier molecular flexibility index (Phi) is 5.41. The minimum absolute atomic E-state index is 0.480. The van der Waals surface area contributed by atoms with Crippen LogP contribution < -0.4 is 11.3 Å². The Hall–Kier alpha value is -0.860. The molecule has 0 bridgehead atoms. The van der Waals surface area contributed by atoms with Gasteiger partial charge in [-0.2, -0.15) is 0 Å². The molecule has 1 unspecified atom stereocenters. The highest BCUT2D eigenvalue weighted by Gasteiger charge is 2.24. The predicted molar refractivity (Wildman–Crippen MR) is 81.7 cm³/mol. The average molecular weight is 260 g/mol. The van der Waals surface area contributed by atoms with Gasteiger partial charge < -0.3 is 0 Å². The molecular weight excluding hydrogens is 232 g/mol. The SMILES string of the molecule is Cc1ccc(CCC(NN)C2CCC(C)CC2)cc1. The summed E-state index contributed by atoms with van der Waals surface area (Å²) >= 11 is 0. The highest BCUT2D eigenvalue weighted by molar-refractivity contribution is 5.21. The number of aryl methyl sites for hydroxylation is 2. The van der Waals surface area contributed by atoms with Crippen LogP contribution >= 0.6 is 0 Å². The van der Waals surface area contributed by atoms with E-state index in [-0.39, 0.29) is 0 Å². The maximum absolute atomic E-state index is 5.78. The molecule has 1 saturated carbocycles. The van der Waals surface area contributed by atoms with Gasteiger partial charge in [-0.1, -0.05) is 49.6 Å². The highest BCUT2D eigenvalue weighted by atomic mass is 15.2. The van der Waals surface area contributed by atoms with Gasteiger partial charge in [-0.25, -0.2) is 0 Å². The summed E-state index contributed by atoms with van der Waals surface area (Å²) in [4.78, 5) is 0. The molecule has 19 heavy (non-hydrogen) atoms. The Morgan fingerprint density at radius 2 is 1.79 bits per heavy atom. The second kappa shape index (κ2) is 7.06. The third kappa shape index (κ3) is 4.32. The van der Waals surface area contributed by atoms with Crippen LogP contribution in [0.5, 0.6) is 0 Å². The van der Waals surface area contributed by atoms with E-state index in [1.54, 1.807) is 0 Å². The number of nitrogens with two attached hydrogens (primary N) is 1. The van der Waals surface area contributed by atoms with E-state index in [0.29, 0.717) is 6.04 Å². The van der Waals surface area contributed by atoms with Crippen LogP contribution in [-0.4, -0.2) is 6.04 Å². The molecule has 1 aromatic carbocycles. The first-order valence-electron chi connectivity index (χ1n) is 7.70. The minimum atomic E-state index is 0.480. The van der Waals surface area contributed by atoms with Crippen molar-refractivity contribution in [3.05, 3.63) is 35.4 Å². The summed E-state index contributed by atoms with van der Waals surface area (Å²) in [6, 6.07) is 9.36. The molecule has 0 spiro atoms. The van der Waals surface area contributed by atoms with Crippen molar-refractivity contribution in [2.45, 2.75) is 58.4 Å². The third-order valence-electron chi connectivity index (χ3n) is 4.71. The third-order valence-corrected chi connectivity index (χ3v) is 4.71. The number of benzene rings is 1. The molecule has 0 heterocycles. The predicted octanol–water partition coefficient (Wildman–Crippen LogP) is 3.59. The molecule has 0 saturated heterocycles. The largest absolute Gasteiger partial charge is 0.271 e. The quantitative estimate of drug-likeness (QED) is 0.627. The minimum Gasteiger partial charge on any atom is -0.271 e. The molecule has 0 radical (unpaired) electrons. The van der Waals surface area contributed by atoms with Crippen LogP contribution in [0.1, 0.15) is 50.2 Å². The topological polar surface area (TPSA) is 38.0 Å². The fraction of sp³-hybridized carbons (Fsp3) is 0.647. The zero-order valence-electron chi connectivity index (χ0n) is 12.4. The molecule has 2 heteroatoms. The molecule has 106 valence electrons. The van der Waals surface area contributed by atoms with Gasteiger partial charge in [0.05, 0.1) is 0 Å². The molecule has 1 fully saturated rings. The Labute approximate surface area is 117 Å². The summed E-state index contributed by atoms with van der Waals surface area (Å²) in [5.41, 5.74) is 5.83. The first kappa shape index (κ1) is 14.5. The van der Waals surface area contributed by atoms with Crippen LogP contribution in [0.25, 0.3) is 0 Å². The molecule has 1 aliphatic carbocycles. The fourth-order valence-electron chi connectivity index (χ4n) is 3.22. The summed E-state index contributed by atoms with van der Waals surface area (Å²) < 4.78 is 0. The van der Waals surface area contributed by atoms with Crippen molar-refractivity contribution < 1.29 is 0 Å². The second-order valence-corrected chi connectivity index (χ2v) is 6.32. The van der Waals surface area contributed by atoms with E-state index in [4.69, 9.17) is 5.84 Å². The van der Waals surface area contributed by atoms with E-state index >= 15 is 0 Å². The van der Waals surface area contributed by atoms with Crippen molar-refractivity contribution in [1.82, 2.24) is 5.43 Å². The van der Waals surface area contributed by atoms with Crippen LogP contribution in [0, 0.1) is 18.8 Å². The molecule has 1 aromatic rings. The smallest absolute Gasteiger partial charge is 0.0241 e. The van der Waals surface area contributed by atoms with Gasteiger partial charge in [0.25, 0.3) is 0 Å². The van der Waals surface area contributed by atoms with E-state index in [9.17, 15) is 0 Å². The maximum atomic E-state index is 5.78. The second-order valence-electron chi connectivity index (χ2n) is 6.32. The monoisotopic (exact) mass is 260 g/mol. The zero-order valence-corrected chi connectivity index (χ0v) is 12.4. The molecule has 3 N–H and O–H groups in total. The molecule has 0 aliphatic heterocycles. The Bertz CT molecular complexity index is 363. The van der Waals surface area contributed by atoms with Gasteiger partial charge in [0, 0.05) is 6.04 Å². The Morgan fingerprint density at radius 1 is 1.16 bits per heavy atom. The molecule has 2 nitrogen and oxygen atoms in total. The highest BCUT2D eigenvalue weighted by Crippen LogP contribution is 2.31. The molecule has 1 aliphatic rings. The Morgan fingerprint density at radius 3 is 2.37 bits per heavy atom. The van der Waals surface area contributed by atoms with Gasteiger partial charge in [0.1, 0.15) is 0 Å². The van der Waals surface area contributed by atoms with Crippen molar-refractivity contribution in [3.8, 4) is 0 Å². The maximum Gasteiger partial charge on any atom is 0.0241 e. The van der Waals surface area contributed by atoms with Crippen LogP contribution in [0.3, 0.4) is 0 Å². The molecule has 2 rings (SSSR count). The number of rotatable bonds is 5. The fourth-order valence-corrected chi connectivity index (χ4v) is 3.22. The number of hydrazine groups is 1. The number of nitrogens with one attached hydrogen (secondary N) is 1. The van der Waals surface area contributed by atoms with Crippen molar-refractivity contribution in [3.63, 3.8) is 0 Å². The van der Waals surface area contributed by atoms with E-state index in [1.165, 1.54) is 36.8 Å². The van der Waals surface area contributed by atoms with Crippen molar-refractivity contribution >= 4 is 0 Å². The lowest BCUT2D eigenvalue weighted by Gasteiger charge is -2.32. The number of hydrogen-bond acceptors (Lipinski definition) is 2. The van der Waals surface area contributed by atoms with E-state index < -0.39 is 0 Å². The van der Waals surface area contributed by atoms with Crippen LogP contribution in [-0.2, 0) is 6.42 Å². The van der Waals surface area contributed by atoms with E-state index in [1.807, 2.05) is 0 Å². The van der Waals surface area contributed by atoms with Crippen molar-refractivity contribution in [2.24, 2.45) is 17.7 Å². The van der Waals surface area contributed by atoms with Gasteiger partial charge >= 0.3 is 0 Å². The lowest BCUT2D eigenvalue weighted by molar-refractivity contribution is 0.223. The van der Waals surface area contributed by atoms with E-state index in [0.717, 1.165) is 24.7 Å². The van der Waals surface area contributed by atoms with Crippen molar-refractivity contribution in [1.29, 1.82) is 0 Å². The lowest BCUT2D eigenvalue weighted by atomic mass is 9.78. The van der Waals surface area contributed by atoms with Crippen molar-refractivity contribution in [2.75, 3.05) is 0 Å². The summed E-state index contributed by atoms with van der Waals surface area (Å²) in [5, 5.41) is 0. The van der Waals surface area contributed by atoms with Gasteiger partial charge in [-0.15, -0.1) is 0 Å². The van der Waals surface area contributed by atoms with Crippen LogP contribution in [0.15, 0.2) is 24.3 Å². The standard InChI is InChI=1S/C17H28N2/c1-13-3-7-15(8-4-13)9-12-17(19-18)16-10-5-14(2)6-11-16/h3-4,7-8,14,16-17,19H,5-6,9-12,18H2,1-2H3. The molecule has 1 atom stereocenters. The Balaban J connectivity index is 1.83. The van der Waals surface area contributed by atoms with Crippen LogP contribution in [0.4, 0.5) is 0 Å². The summed E-state index contributed by atoms with van der Waals surface area (Å²) in [6.45, 7) is 4.50. The lowest BCUT2D eigenvalue weighted by Crippen LogP contribution is -2.42. The van der Waals surface area contributed by atoms with Gasteiger partial charge in [0.15, 0.2) is 0 Å². The average Bonchev–Trinajstić information content (AvgIpc) is 2.43. The number of hydrogen-bond donors (Lipinski definition) is 2. The first-order valence-corrected chi connectivity index (χ1v) is 7.70. The normalized spacial score (nSPS) is 25.2. The van der Waals surface area contributed by atoms with Gasteiger partial charge in [-0.05, 0) is 50.0 Å². The van der Waals surface area contributed by atoms with Crippen LogP contribution in [0.2, 0.25) is 0 Å². The molecular formula is C17H28N2. The summed E-state index contributed by atoms with van der Waals surface area (Å²) in [6.07, 6.45) is 7.69. The van der Waals surface area contributed by atoms with Gasteiger partial charge in [0.2, 0.25) is 0 Å². The summed E-state index contributed by atoms with van der Waals surface area (Å²) in [5.74, 6) is 7.46. The first-order chi connectivity index (χ1) is 9.19. The summed E-state index contributed by atoms with van der Waals surface area (Å²) in [7, 11) is 0. The van der Waals surface area contributed by atoms with E-state index in [2.05, 4.69) is 43.5 Å². The molecule has 0 amide bonds. The molecule has 0 aromatic heterocycles. The van der Waals surface area contributed by atoms with Gasteiger partial charge in [-0.3, -0.25) is 11.3 Å². The zero-order chi connectivity index (χ0) is 13.7.